The minimum Gasteiger partial charge on any atom is -0.491 e. The molecule has 1 aromatic heterocycles. The maximum atomic E-state index is 12.9. The van der Waals surface area contributed by atoms with Crippen molar-refractivity contribution in [2.45, 2.75) is 12.2 Å². The molecule has 0 N–H and O–H groups in total. The lowest BCUT2D eigenvalue weighted by Gasteiger charge is -2.07. The van der Waals surface area contributed by atoms with E-state index in [2.05, 4.69) is 0 Å². The minimum absolute atomic E-state index is 0.0756. The first-order chi connectivity index (χ1) is 13.3. The van der Waals surface area contributed by atoms with E-state index in [1.165, 1.54) is 6.26 Å². The van der Waals surface area contributed by atoms with Crippen molar-refractivity contribution in [1.29, 1.82) is 0 Å². The number of fused-ring (bicyclic) bond motifs is 1. The standard InChI is InChI=1S/C21H18O6/c22-21-18-6-5-15(24-9-17-11-26-17)7-20(18)27-12-19(21)13-1-3-14(4-2-13)23-8-16-10-25-16/h1-7,12,16-17H,8-11H2. The first-order valence-corrected chi connectivity index (χ1v) is 8.91. The predicted molar refractivity (Wildman–Crippen MR) is 98.4 cm³/mol. The van der Waals surface area contributed by atoms with E-state index >= 15 is 0 Å². The van der Waals surface area contributed by atoms with Crippen LogP contribution in [0.15, 0.2) is 57.9 Å². The van der Waals surface area contributed by atoms with Gasteiger partial charge in [-0.15, -0.1) is 0 Å². The van der Waals surface area contributed by atoms with Crippen molar-refractivity contribution in [1.82, 2.24) is 0 Å². The molecule has 2 fully saturated rings. The van der Waals surface area contributed by atoms with Crippen molar-refractivity contribution in [3.63, 3.8) is 0 Å². The predicted octanol–water partition coefficient (Wildman–Crippen LogP) is 3.02. The molecule has 27 heavy (non-hydrogen) atoms. The van der Waals surface area contributed by atoms with E-state index in [-0.39, 0.29) is 17.6 Å². The van der Waals surface area contributed by atoms with E-state index in [4.69, 9.17) is 23.4 Å². The zero-order chi connectivity index (χ0) is 18.2. The SMILES string of the molecule is O=c1c(-c2ccc(OCC3CO3)cc2)coc2cc(OCC3CO3)ccc12. The Hall–Kier alpha value is -2.83. The Labute approximate surface area is 155 Å². The van der Waals surface area contributed by atoms with Crippen LogP contribution < -0.4 is 14.9 Å². The fourth-order valence-electron chi connectivity index (χ4n) is 2.84. The zero-order valence-corrected chi connectivity index (χ0v) is 14.6. The van der Waals surface area contributed by atoms with Gasteiger partial charge >= 0.3 is 0 Å². The van der Waals surface area contributed by atoms with Gasteiger partial charge in [-0.25, -0.2) is 0 Å². The van der Waals surface area contributed by atoms with Crippen molar-refractivity contribution in [3.8, 4) is 22.6 Å². The molecule has 138 valence electrons. The van der Waals surface area contributed by atoms with E-state index in [9.17, 15) is 4.79 Å². The summed E-state index contributed by atoms with van der Waals surface area (Å²) in [5, 5.41) is 0.522. The highest BCUT2D eigenvalue weighted by Crippen LogP contribution is 2.25. The smallest absolute Gasteiger partial charge is 0.200 e. The van der Waals surface area contributed by atoms with Crippen molar-refractivity contribution >= 4 is 11.0 Å². The lowest BCUT2D eigenvalue weighted by atomic mass is 10.1. The summed E-state index contributed by atoms with van der Waals surface area (Å²) in [6, 6.07) is 12.7. The van der Waals surface area contributed by atoms with Gasteiger partial charge in [-0.1, -0.05) is 12.1 Å². The molecule has 6 heteroatoms. The van der Waals surface area contributed by atoms with Gasteiger partial charge in [0.1, 0.15) is 48.8 Å². The summed E-state index contributed by atoms with van der Waals surface area (Å²) in [4.78, 5) is 12.9. The average Bonchev–Trinajstić information content (AvgIpc) is 3.61. The van der Waals surface area contributed by atoms with E-state index in [0.717, 1.165) is 24.5 Å². The van der Waals surface area contributed by atoms with Crippen LogP contribution in [0.2, 0.25) is 0 Å². The molecule has 0 saturated carbocycles. The molecule has 3 heterocycles. The van der Waals surface area contributed by atoms with Crippen LogP contribution in [-0.2, 0) is 9.47 Å². The molecule has 2 aromatic carbocycles. The normalized spacial score (nSPS) is 20.4. The van der Waals surface area contributed by atoms with Crippen molar-refractivity contribution in [2.24, 2.45) is 0 Å². The Morgan fingerprint density at radius 2 is 1.52 bits per heavy atom. The molecule has 0 aliphatic carbocycles. The van der Waals surface area contributed by atoms with Gasteiger partial charge in [0.25, 0.3) is 0 Å². The second-order valence-corrected chi connectivity index (χ2v) is 6.69. The molecule has 0 amide bonds. The van der Waals surface area contributed by atoms with Crippen LogP contribution in [0.5, 0.6) is 11.5 Å². The molecule has 3 aromatic rings. The number of hydrogen-bond donors (Lipinski definition) is 0. The lowest BCUT2D eigenvalue weighted by molar-refractivity contribution is 0.263. The second kappa shape index (κ2) is 6.72. The van der Waals surface area contributed by atoms with Gasteiger partial charge in [-0.05, 0) is 29.8 Å². The molecule has 0 radical (unpaired) electrons. The van der Waals surface area contributed by atoms with Gasteiger partial charge in [0.2, 0.25) is 0 Å². The second-order valence-electron chi connectivity index (χ2n) is 6.69. The molecule has 0 spiro atoms. The molecular weight excluding hydrogens is 348 g/mol. The number of epoxide rings is 2. The number of hydrogen-bond acceptors (Lipinski definition) is 6. The molecule has 2 saturated heterocycles. The molecule has 2 aliphatic heterocycles. The summed E-state index contributed by atoms with van der Waals surface area (Å²) in [7, 11) is 0. The average molecular weight is 366 g/mol. The number of ether oxygens (including phenoxy) is 4. The Kier molecular flexibility index (Phi) is 4.07. The summed E-state index contributed by atoms with van der Waals surface area (Å²) in [5.74, 6) is 1.41. The topological polar surface area (TPSA) is 73.7 Å². The maximum Gasteiger partial charge on any atom is 0.200 e. The third kappa shape index (κ3) is 3.67. The van der Waals surface area contributed by atoms with Crippen LogP contribution in [-0.4, -0.2) is 38.6 Å². The van der Waals surface area contributed by atoms with Gasteiger partial charge in [0.05, 0.1) is 24.2 Å². The van der Waals surface area contributed by atoms with Crippen LogP contribution >= 0.6 is 0 Å². The van der Waals surface area contributed by atoms with Crippen molar-refractivity contribution in [2.75, 3.05) is 26.4 Å². The van der Waals surface area contributed by atoms with Crippen LogP contribution in [0.4, 0.5) is 0 Å². The zero-order valence-electron chi connectivity index (χ0n) is 14.6. The van der Waals surface area contributed by atoms with Crippen LogP contribution in [0.25, 0.3) is 22.1 Å². The summed E-state index contributed by atoms with van der Waals surface area (Å²) in [6.07, 6.45) is 1.88. The Morgan fingerprint density at radius 3 is 2.19 bits per heavy atom. The van der Waals surface area contributed by atoms with E-state index in [0.29, 0.717) is 35.5 Å². The lowest BCUT2D eigenvalue weighted by Crippen LogP contribution is -2.07. The molecular formula is C21H18O6. The van der Waals surface area contributed by atoms with E-state index in [1.54, 1.807) is 18.2 Å². The highest BCUT2D eigenvalue weighted by molar-refractivity contribution is 5.82. The molecule has 2 aliphatic rings. The quantitative estimate of drug-likeness (QED) is 0.599. The van der Waals surface area contributed by atoms with Crippen molar-refractivity contribution < 1.29 is 23.4 Å². The van der Waals surface area contributed by atoms with Gasteiger partial charge in [-0.3, -0.25) is 4.79 Å². The molecule has 2 unspecified atom stereocenters. The summed E-state index contributed by atoms with van der Waals surface area (Å²) in [5.41, 5.74) is 1.72. The Balaban J connectivity index is 1.38. The Bertz CT molecular complexity index is 1020. The monoisotopic (exact) mass is 366 g/mol. The first kappa shape index (κ1) is 16.4. The largest absolute Gasteiger partial charge is 0.491 e. The summed E-state index contributed by atoms with van der Waals surface area (Å²) >= 11 is 0. The molecule has 0 bridgehead atoms. The van der Waals surface area contributed by atoms with Crippen LogP contribution in [0.1, 0.15) is 0 Å². The molecule has 5 rings (SSSR count). The van der Waals surface area contributed by atoms with Crippen molar-refractivity contribution in [3.05, 3.63) is 59.0 Å². The minimum atomic E-state index is -0.0756. The summed E-state index contributed by atoms with van der Waals surface area (Å²) < 4.78 is 27.2. The van der Waals surface area contributed by atoms with Crippen LogP contribution in [0.3, 0.4) is 0 Å². The third-order valence-corrected chi connectivity index (χ3v) is 4.59. The fourth-order valence-corrected chi connectivity index (χ4v) is 2.84. The van der Waals surface area contributed by atoms with Gasteiger partial charge < -0.3 is 23.4 Å². The van der Waals surface area contributed by atoms with Gasteiger partial charge in [0.15, 0.2) is 5.43 Å². The maximum absolute atomic E-state index is 12.9. The molecule has 2 atom stereocenters. The number of rotatable bonds is 7. The first-order valence-electron chi connectivity index (χ1n) is 8.91. The number of benzene rings is 2. The van der Waals surface area contributed by atoms with Gasteiger partial charge in [0, 0.05) is 6.07 Å². The van der Waals surface area contributed by atoms with E-state index < -0.39 is 0 Å². The third-order valence-electron chi connectivity index (χ3n) is 4.59. The van der Waals surface area contributed by atoms with Gasteiger partial charge in [-0.2, -0.15) is 0 Å². The fraction of sp³-hybridized carbons (Fsp3) is 0.286. The highest BCUT2D eigenvalue weighted by atomic mass is 16.6. The van der Waals surface area contributed by atoms with E-state index in [1.807, 2.05) is 24.3 Å². The molecule has 6 nitrogen and oxygen atoms in total. The highest BCUT2D eigenvalue weighted by Gasteiger charge is 2.23. The summed E-state index contributed by atoms with van der Waals surface area (Å²) in [6.45, 7) is 2.56. The Morgan fingerprint density at radius 1 is 0.889 bits per heavy atom. The van der Waals surface area contributed by atoms with Crippen LogP contribution in [0, 0.1) is 0 Å².